The van der Waals surface area contributed by atoms with Gasteiger partial charge in [-0.3, -0.25) is 10.2 Å². The number of aromatic nitrogens is 2. The summed E-state index contributed by atoms with van der Waals surface area (Å²) in [5, 5.41) is 12.2. The summed E-state index contributed by atoms with van der Waals surface area (Å²) in [6, 6.07) is 0.707. The first-order valence-electron chi connectivity index (χ1n) is 7.82. The second-order valence-electron chi connectivity index (χ2n) is 5.87. The molecule has 1 aromatic rings. The molecule has 2 heterocycles. The topological polar surface area (TPSA) is 61.4 Å². The van der Waals surface area contributed by atoms with Gasteiger partial charge in [0.15, 0.2) is 0 Å². The van der Waals surface area contributed by atoms with Crippen LogP contribution in [0.2, 0.25) is 0 Å². The zero-order chi connectivity index (χ0) is 14.7. The van der Waals surface area contributed by atoms with Gasteiger partial charge in [-0.15, -0.1) is 10.2 Å². The van der Waals surface area contributed by atoms with E-state index >= 15 is 0 Å². The highest BCUT2D eigenvalue weighted by atomic mass is 32.1. The number of nitrogens with zero attached hydrogens (tertiary/aromatic N) is 4. The molecule has 1 aliphatic heterocycles. The summed E-state index contributed by atoms with van der Waals surface area (Å²) < 4.78 is 0. The van der Waals surface area contributed by atoms with Gasteiger partial charge in [0.05, 0.1) is 0 Å². The highest BCUT2D eigenvalue weighted by Crippen LogP contribution is 2.24. The monoisotopic (exact) mass is 309 g/mol. The van der Waals surface area contributed by atoms with Gasteiger partial charge in [0.2, 0.25) is 5.13 Å². The first-order chi connectivity index (χ1) is 10.2. The molecule has 1 saturated heterocycles. The highest BCUT2D eigenvalue weighted by molar-refractivity contribution is 7.15. The van der Waals surface area contributed by atoms with Gasteiger partial charge < -0.3 is 4.90 Å². The standard InChI is InChI=1S/C14H23N5OS/c1-11-16-17-13(21-11)15-14(20)19-8-4-7-18(9-10-19)12-5-2-3-6-12/h12H,2-10H2,1H3,(H,15,17,20). The van der Waals surface area contributed by atoms with Crippen LogP contribution >= 0.6 is 11.3 Å². The van der Waals surface area contributed by atoms with Crippen LogP contribution < -0.4 is 5.32 Å². The van der Waals surface area contributed by atoms with E-state index < -0.39 is 0 Å². The van der Waals surface area contributed by atoms with Crippen molar-refractivity contribution in [1.82, 2.24) is 20.0 Å². The summed E-state index contributed by atoms with van der Waals surface area (Å²) in [6.45, 7) is 5.63. The quantitative estimate of drug-likeness (QED) is 0.911. The van der Waals surface area contributed by atoms with E-state index in [1.165, 1.54) is 37.0 Å². The van der Waals surface area contributed by atoms with Crippen LogP contribution in [0.4, 0.5) is 9.93 Å². The molecule has 2 aliphatic rings. The Morgan fingerprint density at radius 2 is 1.95 bits per heavy atom. The maximum absolute atomic E-state index is 12.3. The molecular weight excluding hydrogens is 286 g/mol. The molecular formula is C14H23N5OS. The van der Waals surface area contributed by atoms with E-state index in [4.69, 9.17) is 0 Å². The fraction of sp³-hybridized carbons (Fsp3) is 0.786. The van der Waals surface area contributed by atoms with E-state index in [1.807, 2.05) is 11.8 Å². The van der Waals surface area contributed by atoms with E-state index in [1.54, 1.807) is 0 Å². The predicted molar refractivity (Wildman–Crippen MR) is 83.7 cm³/mol. The van der Waals surface area contributed by atoms with Gasteiger partial charge in [-0.25, -0.2) is 4.79 Å². The lowest BCUT2D eigenvalue weighted by Crippen LogP contribution is -2.40. The third kappa shape index (κ3) is 3.71. The number of carbonyl (C=O) groups is 1. The van der Waals surface area contributed by atoms with Gasteiger partial charge >= 0.3 is 6.03 Å². The smallest absolute Gasteiger partial charge is 0.323 e. The average molecular weight is 309 g/mol. The Balaban J connectivity index is 1.53. The van der Waals surface area contributed by atoms with E-state index in [2.05, 4.69) is 20.4 Å². The number of carbonyl (C=O) groups excluding carboxylic acids is 1. The first-order valence-corrected chi connectivity index (χ1v) is 8.64. The van der Waals surface area contributed by atoms with Gasteiger partial charge in [-0.05, 0) is 26.2 Å². The minimum atomic E-state index is -0.0422. The minimum Gasteiger partial charge on any atom is -0.323 e. The van der Waals surface area contributed by atoms with Crippen LogP contribution in [0.1, 0.15) is 37.1 Å². The van der Waals surface area contributed by atoms with Crippen LogP contribution in [0.3, 0.4) is 0 Å². The van der Waals surface area contributed by atoms with Gasteiger partial charge in [0.1, 0.15) is 5.01 Å². The molecule has 0 aromatic carbocycles. The fourth-order valence-corrected chi connectivity index (χ4v) is 3.87. The van der Waals surface area contributed by atoms with Crippen molar-refractivity contribution in [1.29, 1.82) is 0 Å². The third-order valence-corrected chi connectivity index (χ3v) is 5.15. The molecule has 2 amide bonds. The molecule has 7 heteroatoms. The van der Waals surface area contributed by atoms with Crippen LogP contribution in [0, 0.1) is 6.92 Å². The number of anilines is 1. The summed E-state index contributed by atoms with van der Waals surface area (Å²) in [5.74, 6) is 0. The van der Waals surface area contributed by atoms with Gasteiger partial charge in [-0.2, -0.15) is 0 Å². The molecule has 1 aliphatic carbocycles. The maximum Gasteiger partial charge on any atom is 0.323 e. The maximum atomic E-state index is 12.3. The van der Waals surface area contributed by atoms with Crippen LogP contribution in [0.5, 0.6) is 0 Å². The summed E-state index contributed by atoms with van der Waals surface area (Å²) in [5.41, 5.74) is 0. The van der Waals surface area contributed by atoms with E-state index in [9.17, 15) is 4.79 Å². The molecule has 0 spiro atoms. The van der Waals surface area contributed by atoms with Crippen LogP contribution in [-0.2, 0) is 0 Å². The zero-order valence-corrected chi connectivity index (χ0v) is 13.4. The van der Waals surface area contributed by atoms with E-state index in [0.29, 0.717) is 5.13 Å². The number of nitrogens with one attached hydrogen (secondary N) is 1. The SMILES string of the molecule is Cc1nnc(NC(=O)N2CCCN(C3CCCC3)CC2)s1. The highest BCUT2D eigenvalue weighted by Gasteiger charge is 2.26. The third-order valence-electron chi connectivity index (χ3n) is 4.40. The number of hydrogen-bond donors (Lipinski definition) is 1. The average Bonchev–Trinajstić information content (AvgIpc) is 3.06. The molecule has 116 valence electrons. The number of hydrogen-bond acceptors (Lipinski definition) is 5. The van der Waals surface area contributed by atoms with Crippen molar-refractivity contribution in [2.75, 3.05) is 31.5 Å². The van der Waals surface area contributed by atoms with Crippen LogP contribution in [-0.4, -0.2) is 58.2 Å². The zero-order valence-electron chi connectivity index (χ0n) is 12.5. The predicted octanol–water partition coefficient (Wildman–Crippen LogP) is 2.33. The molecule has 3 rings (SSSR count). The Morgan fingerprint density at radius 3 is 2.67 bits per heavy atom. The Hall–Kier alpha value is -1.21. The Kier molecular flexibility index (Phi) is 4.70. The molecule has 0 radical (unpaired) electrons. The first kappa shape index (κ1) is 14.7. The Morgan fingerprint density at radius 1 is 1.14 bits per heavy atom. The number of urea groups is 1. The van der Waals surface area contributed by atoms with Crippen molar-refractivity contribution >= 4 is 22.5 Å². The largest absolute Gasteiger partial charge is 0.323 e. The lowest BCUT2D eigenvalue weighted by Gasteiger charge is -2.27. The van der Waals surface area contributed by atoms with Gasteiger partial charge in [0, 0.05) is 32.2 Å². The second kappa shape index (κ2) is 6.70. The van der Waals surface area contributed by atoms with Crippen molar-refractivity contribution in [2.24, 2.45) is 0 Å². The van der Waals surface area contributed by atoms with Gasteiger partial charge in [0.25, 0.3) is 0 Å². The van der Waals surface area contributed by atoms with Crippen molar-refractivity contribution in [3.05, 3.63) is 5.01 Å². The van der Waals surface area contributed by atoms with Crippen molar-refractivity contribution in [2.45, 2.75) is 45.1 Å². The number of amides is 2. The lowest BCUT2D eigenvalue weighted by atomic mass is 10.2. The fourth-order valence-electron chi connectivity index (χ4n) is 3.29. The van der Waals surface area contributed by atoms with Crippen molar-refractivity contribution in [3.63, 3.8) is 0 Å². The van der Waals surface area contributed by atoms with Crippen molar-refractivity contribution < 1.29 is 4.79 Å². The summed E-state index contributed by atoms with van der Waals surface area (Å²) in [7, 11) is 0. The normalized spacial score (nSPS) is 21.5. The summed E-state index contributed by atoms with van der Waals surface area (Å²) >= 11 is 1.41. The summed E-state index contributed by atoms with van der Waals surface area (Å²) in [4.78, 5) is 16.8. The molecule has 1 aromatic heterocycles. The van der Waals surface area contributed by atoms with Gasteiger partial charge in [-0.1, -0.05) is 24.2 Å². The Bertz CT molecular complexity index is 485. The van der Waals surface area contributed by atoms with E-state index in [-0.39, 0.29) is 6.03 Å². The van der Waals surface area contributed by atoms with Crippen LogP contribution in [0.25, 0.3) is 0 Å². The summed E-state index contributed by atoms with van der Waals surface area (Å²) in [6.07, 6.45) is 6.44. The number of rotatable bonds is 2. The van der Waals surface area contributed by atoms with Crippen LogP contribution in [0.15, 0.2) is 0 Å². The Labute approximate surface area is 129 Å². The molecule has 0 atom stereocenters. The minimum absolute atomic E-state index is 0.0422. The molecule has 0 bridgehead atoms. The van der Waals surface area contributed by atoms with E-state index in [0.717, 1.165) is 43.6 Å². The van der Waals surface area contributed by atoms with Crippen molar-refractivity contribution in [3.8, 4) is 0 Å². The molecule has 1 saturated carbocycles. The molecule has 1 N–H and O–H groups in total. The molecule has 21 heavy (non-hydrogen) atoms. The lowest BCUT2D eigenvalue weighted by molar-refractivity contribution is 0.195. The second-order valence-corrected chi connectivity index (χ2v) is 7.05. The molecule has 0 unspecified atom stereocenters. The number of aryl methyl sites for hydroxylation is 1. The molecule has 2 fully saturated rings. The molecule has 6 nitrogen and oxygen atoms in total.